The van der Waals surface area contributed by atoms with Crippen LogP contribution in [0.5, 0.6) is 0 Å². The van der Waals surface area contributed by atoms with E-state index >= 15 is 0 Å². The molecule has 2 rings (SSSR count). The number of alkyl halides is 3. The number of hydrogen-bond donors (Lipinski definition) is 1. The standard InChI is InChI=1S/C21H24ClF3N2O3S/c1-4-5-15(3)26-20(28)13-27(31(29,30)17-9-6-14(2)7-10-17)16-8-11-19(22)18(12-16)21(23,24)25/h6-12,15H,4-5,13H2,1-3H3,(H,26,28)/t15-/m1/s1. The lowest BCUT2D eigenvalue weighted by Gasteiger charge is -2.26. The molecule has 2 aromatic rings. The van der Waals surface area contributed by atoms with Crippen molar-refractivity contribution in [3.8, 4) is 0 Å². The van der Waals surface area contributed by atoms with Gasteiger partial charge in [0.05, 0.1) is 21.2 Å². The summed E-state index contributed by atoms with van der Waals surface area (Å²) in [6.45, 7) is 4.79. The van der Waals surface area contributed by atoms with Crippen molar-refractivity contribution in [3.05, 3.63) is 58.6 Å². The van der Waals surface area contributed by atoms with Gasteiger partial charge in [0.2, 0.25) is 5.91 Å². The predicted molar refractivity (Wildman–Crippen MR) is 115 cm³/mol. The van der Waals surface area contributed by atoms with Crippen molar-refractivity contribution in [2.45, 2.75) is 50.7 Å². The van der Waals surface area contributed by atoms with Gasteiger partial charge in [-0.2, -0.15) is 13.2 Å². The summed E-state index contributed by atoms with van der Waals surface area (Å²) in [5.74, 6) is -0.625. The van der Waals surface area contributed by atoms with Crippen LogP contribution in [-0.4, -0.2) is 26.9 Å². The third-order valence-corrected chi connectivity index (χ3v) is 6.69. The average Bonchev–Trinajstić information content (AvgIpc) is 2.66. The fraction of sp³-hybridized carbons (Fsp3) is 0.381. The monoisotopic (exact) mass is 476 g/mol. The van der Waals surface area contributed by atoms with E-state index in [0.29, 0.717) is 16.8 Å². The molecule has 0 saturated carbocycles. The molecular weight excluding hydrogens is 453 g/mol. The number of anilines is 1. The number of amides is 1. The summed E-state index contributed by atoms with van der Waals surface area (Å²) < 4.78 is 67.2. The van der Waals surface area contributed by atoms with Crippen LogP contribution in [-0.2, 0) is 21.0 Å². The van der Waals surface area contributed by atoms with Crippen molar-refractivity contribution in [1.29, 1.82) is 0 Å². The van der Waals surface area contributed by atoms with E-state index in [9.17, 15) is 26.4 Å². The van der Waals surface area contributed by atoms with E-state index in [-0.39, 0.29) is 16.6 Å². The molecule has 170 valence electrons. The highest BCUT2D eigenvalue weighted by Crippen LogP contribution is 2.38. The minimum absolute atomic E-state index is 0.143. The van der Waals surface area contributed by atoms with Crippen molar-refractivity contribution in [2.75, 3.05) is 10.8 Å². The van der Waals surface area contributed by atoms with E-state index in [2.05, 4.69) is 5.32 Å². The van der Waals surface area contributed by atoms with Gasteiger partial charge in [-0.1, -0.05) is 42.6 Å². The van der Waals surface area contributed by atoms with Crippen LogP contribution in [0.1, 0.15) is 37.8 Å². The smallest absolute Gasteiger partial charge is 0.352 e. The Morgan fingerprint density at radius 2 is 1.77 bits per heavy atom. The third kappa shape index (κ3) is 6.36. The van der Waals surface area contributed by atoms with Crippen LogP contribution in [0, 0.1) is 6.92 Å². The lowest BCUT2D eigenvalue weighted by molar-refractivity contribution is -0.137. The first-order valence-electron chi connectivity index (χ1n) is 9.61. The summed E-state index contributed by atoms with van der Waals surface area (Å²) in [5.41, 5.74) is -0.686. The zero-order valence-corrected chi connectivity index (χ0v) is 18.9. The fourth-order valence-electron chi connectivity index (χ4n) is 2.99. The molecule has 0 heterocycles. The molecule has 0 saturated heterocycles. The van der Waals surface area contributed by atoms with Crippen LogP contribution in [0.15, 0.2) is 47.4 Å². The van der Waals surface area contributed by atoms with Gasteiger partial charge in [-0.3, -0.25) is 9.10 Å². The van der Waals surface area contributed by atoms with Gasteiger partial charge in [-0.15, -0.1) is 0 Å². The Morgan fingerprint density at radius 3 is 2.32 bits per heavy atom. The highest BCUT2D eigenvalue weighted by Gasteiger charge is 2.35. The number of aryl methyl sites for hydroxylation is 1. The highest BCUT2D eigenvalue weighted by molar-refractivity contribution is 7.92. The van der Waals surface area contributed by atoms with Gasteiger partial charge < -0.3 is 5.32 Å². The van der Waals surface area contributed by atoms with Gasteiger partial charge in [-0.05, 0) is 50.6 Å². The molecule has 31 heavy (non-hydrogen) atoms. The van der Waals surface area contributed by atoms with Crippen LogP contribution in [0.3, 0.4) is 0 Å². The summed E-state index contributed by atoms with van der Waals surface area (Å²) in [4.78, 5) is 12.4. The zero-order chi connectivity index (χ0) is 23.4. The Labute approximate surface area is 185 Å². The van der Waals surface area contributed by atoms with Crippen LogP contribution < -0.4 is 9.62 Å². The molecule has 0 aliphatic carbocycles. The average molecular weight is 477 g/mol. The number of hydrogen-bond acceptors (Lipinski definition) is 3. The largest absolute Gasteiger partial charge is 0.417 e. The Hall–Kier alpha value is -2.26. The van der Waals surface area contributed by atoms with Crippen molar-refractivity contribution in [1.82, 2.24) is 5.32 Å². The van der Waals surface area contributed by atoms with Crippen molar-refractivity contribution in [3.63, 3.8) is 0 Å². The molecule has 0 fully saturated rings. The Balaban J connectivity index is 2.53. The predicted octanol–water partition coefficient (Wildman–Crippen LogP) is 5.17. The van der Waals surface area contributed by atoms with Gasteiger partial charge in [-0.25, -0.2) is 8.42 Å². The van der Waals surface area contributed by atoms with Crippen LogP contribution in [0.4, 0.5) is 18.9 Å². The second-order valence-electron chi connectivity index (χ2n) is 7.24. The molecule has 1 amide bonds. The number of carbonyl (C=O) groups is 1. The van der Waals surface area contributed by atoms with Crippen molar-refractivity contribution >= 4 is 33.2 Å². The lowest BCUT2D eigenvalue weighted by Crippen LogP contribution is -2.43. The van der Waals surface area contributed by atoms with E-state index < -0.39 is 39.2 Å². The fourth-order valence-corrected chi connectivity index (χ4v) is 4.63. The number of halogens is 4. The minimum atomic E-state index is -4.79. The molecule has 0 bridgehead atoms. The molecule has 1 N–H and O–H groups in total. The van der Waals surface area contributed by atoms with Gasteiger partial charge in [0, 0.05) is 6.04 Å². The number of nitrogens with zero attached hydrogens (tertiary/aromatic N) is 1. The van der Waals surface area contributed by atoms with Gasteiger partial charge in [0.15, 0.2) is 0 Å². The molecule has 0 unspecified atom stereocenters. The molecule has 0 radical (unpaired) electrons. The molecular formula is C21H24ClF3N2O3S. The summed E-state index contributed by atoms with van der Waals surface area (Å²) in [6.07, 6.45) is -3.31. The summed E-state index contributed by atoms with van der Waals surface area (Å²) in [6, 6.07) is 8.36. The molecule has 0 aliphatic heterocycles. The molecule has 0 aliphatic rings. The maximum Gasteiger partial charge on any atom is 0.417 e. The number of benzene rings is 2. The molecule has 2 aromatic carbocycles. The molecule has 5 nitrogen and oxygen atoms in total. The Morgan fingerprint density at radius 1 is 1.16 bits per heavy atom. The Kier molecular flexibility index (Phi) is 7.99. The summed E-state index contributed by atoms with van der Waals surface area (Å²) in [7, 11) is -4.33. The number of carbonyl (C=O) groups excluding carboxylic acids is 1. The van der Waals surface area contributed by atoms with E-state index in [1.807, 2.05) is 6.92 Å². The number of nitrogens with one attached hydrogen (secondary N) is 1. The molecule has 10 heteroatoms. The first kappa shape index (κ1) is 25.0. The topological polar surface area (TPSA) is 66.5 Å². The Bertz CT molecular complexity index is 1030. The van der Waals surface area contributed by atoms with Gasteiger partial charge >= 0.3 is 6.18 Å². The SMILES string of the molecule is CCC[C@@H](C)NC(=O)CN(c1ccc(Cl)c(C(F)(F)F)c1)S(=O)(=O)c1ccc(C)cc1. The second-order valence-corrected chi connectivity index (χ2v) is 9.51. The van der Waals surface area contributed by atoms with Crippen molar-refractivity contribution in [2.24, 2.45) is 0 Å². The van der Waals surface area contributed by atoms with Crippen LogP contribution in [0.25, 0.3) is 0 Å². The van der Waals surface area contributed by atoms with E-state index in [1.54, 1.807) is 26.0 Å². The first-order chi connectivity index (χ1) is 14.4. The molecule has 1 atom stereocenters. The van der Waals surface area contributed by atoms with Gasteiger partial charge in [0.25, 0.3) is 10.0 Å². The second kappa shape index (κ2) is 9.91. The number of sulfonamides is 1. The lowest BCUT2D eigenvalue weighted by atomic mass is 10.2. The van der Waals surface area contributed by atoms with Crippen LogP contribution >= 0.6 is 11.6 Å². The maximum absolute atomic E-state index is 13.3. The third-order valence-electron chi connectivity index (χ3n) is 4.57. The molecule has 0 spiro atoms. The van der Waals surface area contributed by atoms with Crippen molar-refractivity contribution < 1.29 is 26.4 Å². The van der Waals surface area contributed by atoms with E-state index in [0.717, 1.165) is 24.1 Å². The summed E-state index contributed by atoms with van der Waals surface area (Å²) >= 11 is 5.68. The maximum atomic E-state index is 13.3. The minimum Gasteiger partial charge on any atom is -0.352 e. The quantitative estimate of drug-likeness (QED) is 0.571. The molecule has 0 aromatic heterocycles. The summed E-state index contributed by atoms with van der Waals surface area (Å²) in [5, 5.41) is 2.11. The van der Waals surface area contributed by atoms with E-state index in [4.69, 9.17) is 11.6 Å². The zero-order valence-electron chi connectivity index (χ0n) is 17.3. The normalized spacial score (nSPS) is 13.0. The van der Waals surface area contributed by atoms with E-state index in [1.165, 1.54) is 12.1 Å². The highest BCUT2D eigenvalue weighted by atomic mass is 35.5. The van der Waals surface area contributed by atoms with Gasteiger partial charge in [0.1, 0.15) is 6.54 Å². The number of rotatable bonds is 8. The first-order valence-corrected chi connectivity index (χ1v) is 11.4. The van der Waals surface area contributed by atoms with Crippen LogP contribution in [0.2, 0.25) is 5.02 Å².